The van der Waals surface area contributed by atoms with E-state index in [-0.39, 0.29) is 11.8 Å². The number of aromatic nitrogens is 3. The first-order valence-electron chi connectivity index (χ1n) is 10.3. The summed E-state index contributed by atoms with van der Waals surface area (Å²) in [4.78, 5) is 19.6. The second-order valence-electron chi connectivity index (χ2n) is 8.12. The standard InChI is InChI=1S/C23H25N5O/c24-12-19-13-28(14-20(19)15-4-2-1-3-5-15)23(29)18-10-8-17(9-11-18)22-25-21(26-27-22)16-6-7-16/h1-5,8-11,16,19-20H,6-7,12-14,24H2,(H,25,26,27)/t19-,20+/m1/s1. The number of hydrogen-bond acceptors (Lipinski definition) is 4. The van der Waals surface area contributed by atoms with E-state index >= 15 is 0 Å². The topological polar surface area (TPSA) is 87.9 Å². The van der Waals surface area contributed by atoms with Crippen molar-refractivity contribution in [1.82, 2.24) is 20.1 Å². The van der Waals surface area contributed by atoms with Crippen LogP contribution in [0.1, 0.15) is 46.4 Å². The second-order valence-corrected chi connectivity index (χ2v) is 8.12. The van der Waals surface area contributed by atoms with Crippen LogP contribution in [0.3, 0.4) is 0 Å². The zero-order valence-electron chi connectivity index (χ0n) is 16.3. The van der Waals surface area contributed by atoms with Crippen LogP contribution in [0.5, 0.6) is 0 Å². The van der Waals surface area contributed by atoms with Crippen LogP contribution in [-0.4, -0.2) is 45.6 Å². The lowest BCUT2D eigenvalue weighted by molar-refractivity contribution is 0.0786. The molecule has 3 N–H and O–H groups in total. The number of amides is 1. The van der Waals surface area contributed by atoms with E-state index in [1.54, 1.807) is 0 Å². The number of benzene rings is 2. The zero-order valence-corrected chi connectivity index (χ0v) is 16.3. The van der Waals surface area contributed by atoms with E-state index in [4.69, 9.17) is 5.73 Å². The summed E-state index contributed by atoms with van der Waals surface area (Å²) < 4.78 is 0. The smallest absolute Gasteiger partial charge is 0.253 e. The quantitative estimate of drug-likeness (QED) is 0.704. The van der Waals surface area contributed by atoms with Crippen molar-refractivity contribution in [1.29, 1.82) is 0 Å². The van der Waals surface area contributed by atoms with Gasteiger partial charge in [-0.25, -0.2) is 4.98 Å². The molecule has 1 saturated carbocycles. The maximum absolute atomic E-state index is 13.1. The number of nitrogens with two attached hydrogens (primary N) is 1. The van der Waals surface area contributed by atoms with E-state index in [1.165, 1.54) is 18.4 Å². The van der Waals surface area contributed by atoms with Crippen LogP contribution in [0.25, 0.3) is 11.4 Å². The Kier molecular flexibility index (Phi) is 4.64. The van der Waals surface area contributed by atoms with Crippen molar-refractivity contribution in [3.05, 3.63) is 71.5 Å². The first-order valence-corrected chi connectivity index (χ1v) is 10.3. The predicted octanol–water partition coefficient (Wildman–Crippen LogP) is 3.16. The van der Waals surface area contributed by atoms with Gasteiger partial charge < -0.3 is 10.6 Å². The van der Waals surface area contributed by atoms with E-state index < -0.39 is 0 Å². The van der Waals surface area contributed by atoms with Gasteiger partial charge in [0.15, 0.2) is 5.82 Å². The number of carbonyl (C=O) groups excluding carboxylic acids is 1. The summed E-state index contributed by atoms with van der Waals surface area (Å²) in [7, 11) is 0. The lowest BCUT2D eigenvalue weighted by Crippen LogP contribution is -2.29. The van der Waals surface area contributed by atoms with Crippen LogP contribution in [-0.2, 0) is 0 Å². The number of carbonyl (C=O) groups is 1. The van der Waals surface area contributed by atoms with Gasteiger partial charge in [0.25, 0.3) is 5.91 Å². The van der Waals surface area contributed by atoms with E-state index in [0.717, 1.165) is 11.4 Å². The van der Waals surface area contributed by atoms with Crippen LogP contribution in [0.2, 0.25) is 0 Å². The van der Waals surface area contributed by atoms with E-state index in [1.807, 2.05) is 47.4 Å². The minimum absolute atomic E-state index is 0.0575. The van der Waals surface area contributed by atoms with Crippen molar-refractivity contribution < 1.29 is 4.79 Å². The van der Waals surface area contributed by atoms with Gasteiger partial charge in [-0.2, -0.15) is 5.10 Å². The molecule has 0 bridgehead atoms. The molecule has 1 saturated heterocycles. The molecule has 1 aliphatic heterocycles. The molecule has 2 aliphatic rings. The highest BCUT2D eigenvalue weighted by atomic mass is 16.2. The first-order chi connectivity index (χ1) is 14.2. The molecule has 1 aliphatic carbocycles. The Labute approximate surface area is 170 Å². The summed E-state index contributed by atoms with van der Waals surface area (Å²) in [6.07, 6.45) is 2.37. The summed E-state index contributed by atoms with van der Waals surface area (Å²) >= 11 is 0. The number of nitrogens with one attached hydrogen (secondary N) is 1. The van der Waals surface area contributed by atoms with E-state index in [0.29, 0.717) is 42.9 Å². The second kappa shape index (κ2) is 7.44. The minimum atomic E-state index is 0.0575. The Morgan fingerprint density at radius 1 is 1.07 bits per heavy atom. The van der Waals surface area contributed by atoms with Crippen LogP contribution in [0, 0.1) is 5.92 Å². The minimum Gasteiger partial charge on any atom is -0.338 e. The van der Waals surface area contributed by atoms with Gasteiger partial charge >= 0.3 is 0 Å². The molecule has 29 heavy (non-hydrogen) atoms. The summed E-state index contributed by atoms with van der Waals surface area (Å²) in [5.74, 6) is 2.84. The van der Waals surface area contributed by atoms with Gasteiger partial charge in [0.05, 0.1) is 0 Å². The summed E-state index contributed by atoms with van der Waals surface area (Å²) in [6, 6.07) is 18.0. The van der Waals surface area contributed by atoms with Crippen LogP contribution in [0.15, 0.2) is 54.6 Å². The molecule has 2 atom stereocenters. The third kappa shape index (κ3) is 3.56. The van der Waals surface area contributed by atoms with E-state index in [2.05, 4.69) is 27.3 Å². The molecule has 2 aromatic carbocycles. The van der Waals surface area contributed by atoms with Gasteiger partial charge in [0, 0.05) is 36.1 Å². The molecule has 1 amide bonds. The molecular formula is C23H25N5O. The Morgan fingerprint density at radius 3 is 2.52 bits per heavy atom. The van der Waals surface area contributed by atoms with Crippen molar-refractivity contribution in [3.63, 3.8) is 0 Å². The molecule has 2 heterocycles. The third-order valence-electron chi connectivity index (χ3n) is 6.12. The molecule has 5 rings (SSSR count). The molecule has 6 heteroatoms. The van der Waals surface area contributed by atoms with Crippen molar-refractivity contribution >= 4 is 5.91 Å². The molecule has 0 spiro atoms. The summed E-state index contributed by atoms with van der Waals surface area (Å²) in [5.41, 5.74) is 8.89. The zero-order chi connectivity index (χ0) is 19.8. The molecular weight excluding hydrogens is 362 g/mol. The molecule has 0 radical (unpaired) electrons. The highest BCUT2D eigenvalue weighted by Crippen LogP contribution is 2.38. The van der Waals surface area contributed by atoms with E-state index in [9.17, 15) is 4.79 Å². The van der Waals surface area contributed by atoms with Crippen molar-refractivity contribution in [2.75, 3.05) is 19.6 Å². The number of H-pyrrole nitrogens is 1. The van der Waals surface area contributed by atoms with Gasteiger partial charge in [-0.05, 0) is 43.0 Å². The van der Waals surface area contributed by atoms with Crippen LogP contribution >= 0.6 is 0 Å². The van der Waals surface area contributed by atoms with Crippen LogP contribution in [0.4, 0.5) is 0 Å². The van der Waals surface area contributed by atoms with Crippen molar-refractivity contribution in [3.8, 4) is 11.4 Å². The first kappa shape index (κ1) is 18.1. The fourth-order valence-electron chi connectivity index (χ4n) is 4.24. The van der Waals surface area contributed by atoms with Crippen molar-refractivity contribution in [2.45, 2.75) is 24.7 Å². The van der Waals surface area contributed by atoms with Gasteiger partial charge in [0.2, 0.25) is 0 Å². The number of aromatic amines is 1. The Hall–Kier alpha value is -2.99. The SMILES string of the molecule is NC[C@@H]1CN(C(=O)c2ccc(-c3n[nH]c(C4CC4)n3)cc2)C[C@H]1c1ccccc1. The molecule has 2 fully saturated rings. The highest BCUT2D eigenvalue weighted by Gasteiger charge is 2.35. The summed E-state index contributed by atoms with van der Waals surface area (Å²) in [5, 5.41) is 7.35. The normalized spacial score (nSPS) is 21.5. The number of likely N-dealkylation sites (tertiary alicyclic amines) is 1. The predicted molar refractivity (Wildman–Crippen MR) is 111 cm³/mol. The van der Waals surface area contributed by atoms with Gasteiger partial charge in [-0.1, -0.05) is 42.5 Å². The van der Waals surface area contributed by atoms with Gasteiger partial charge in [-0.3, -0.25) is 9.89 Å². The fraction of sp³-hybridized carbons (Fsp3) is 0.348. The average molecular weight is 387 g/mol. The maximum Gasteiger partial charge on any atom is 0.253 e. The lowest BCUT2D eigenvalue weighted by Gasteiger charge is -2.17. The van der Waals surface area contributed by atoms with Gasteiger partial charge in [-0.15, -0.1) is 0 Å². The number of rotatable bonds is 5. The average Bonchev–Trinajstić information content (AvgIpc) is 3.35. The Balaban J connectivity index is 1.31. The molecule has 0 unspecified atom stereocenters. The largest absolute Gasteiger partial charge is 0.338 e. The molecule has 1 aromatic heterocycles. The maximum atomic E-state index is 13.1. The molecule has 3 aromatic rings. The summed E-state index contributed by atoms with van der Waals surface area (Å²) in [6.45, 7) is 1.98. The molecule has 6 nitrogen and oxygen atoms in total. The van der Waals surface area contributed by atoms with Crippen LogP contribution < -0.4 is 5.73 Å². The lowest BCUT2D eigenvalue weighted by atomic mass is 9.89. The number of nitrogens with zero attached hydrogens (tertiary/aromatic N) is 3. The van der Waals surface area contributed by atoms with Crippen molar-refractivity contribution in [2.24, 2.45) is 11.7 Å². The third-order valence-corrected chi connectivity index (χ3v) is 6.12. The Morgan fingerprint density at radius 2 is 1.83 bits per heavy atom. The highest BCUT2D eigenvalue weighted by molar-refractivity contribution is 5.95. The fourth-order valence-corrected chi connectivity index (χ4v) is 4.24. The van der Waals surface area contributed by atoms with Gasteiger partial charge in [0.1, 0.15) is 5.82 Å². The Bertz CT molecular complexity index is 994. The molecule has 148 valence electrons. The number of hydrogen-bond donors (Lipinski definition) is 2. The monoisotopic (exact) mass is 387 g/mol.